The van der Waals surface area contributed by atoms with E-state index in [4.69, 9.17) is 0 Å². The lowest BCUT2D eigenvalue weighted by Gasteiger charge is -2.13. The van der Waals surface area contributed by atoms with Crippen molar-refractivity contribution in [2.75, 3.05) is 25.5 Å². The predicted octanol–water partition coefficient (Wildman–Crippen LogP) is 1.42. The van der Waals surface area contributed by atoms with Gasteiger partial charge >= 0.3 is 0 Å². The van der Waals surface area contributed by atoms with Gasteiger partial charge in [-0.05, 0) is 52.3 Å². The molecule has 0 aliphatic rings. The molecular formula is C16H18BrFN3O2S+. The normalized spacial score (nSPS) is 11.8. The van der Waals surface area contributed by atoms with Gasteiger partial charge in [-0.1, -0.05) is 0 Å². The van der Waals surface area contributed by atoms with Crippen molar-refractivity contribution in [3.8, 4) is 0 Å². The molecule has 24 heavy (non-hydrogen) atoms. The number of benzene rings is 1. The lowest BCUT2D eigenvalue weighted by atomic mass is 10.3. The van der Waals surface area contributed by atoms with Crippen LogP contribution in [0.5, 0.6) is 0 Å². The quantitative estimate of drug-likeness (QED) is 0.641. The van der Waals surface area contributed by atoms with Crippen LogP contribution in [0, 0.1) is 5.82 Å². The fourth-order valence-corrected chi connectivity index (χ4v) is 3.66. The lowest BCUT2D eigenvalue weighted by Crippen LogP contribution is -3.08. The van der Waals surface area contributed by atoms with Gasteiger partial charge in [0, 0.05) is 5.69 Å². The van der Waals surface area contributed by atoms with Gasteiger partial charge in [-0.25, -0.2) is 4.39 Å². The number of halogens is 2. The lowest BCUT2D eigenvalue weighted by molar-refractivity contribution is -0.885. The van der Waals surface area contributed by atoms with Crippen LogP contribution in [-0.4, -0.2) is 32.0 Å². The van der Waals surface area contributed by atoms with Gasteiger partial charge < -0.3 is 15.5 Å². The number of hydrogen-bond donors (Lipinski definition) is 3. The predicted molar refractivity (Wildman–Crippen MR) is 95.5 cm³/mol. The molecule has 0 spiro atoms. The Morgan fingerprint density at radius 3 is 2.50 bits per heavy atom. The van der Waals surface area contributed by atoms with Crippen molar-refractivity contribution in [2.24, 2.45) is 0 Å². The molecule has 1 unspecified atom stereocenters. The Morgan fingerprint density at radius 1 is 1.17 bits per heavy atom. The second-order valence-electron chi connectivity index (χ2n) is 5.35. The maximum absolute atomic E-state index is 12.8. The van der Waals surface area contributed by atoms with E-state index in [-0.39, 0.29) is 30.7 Å². The SMILES string of the molecule is C[NH+](CC(=O)NCC(=O)Nc1ccc(F)cc1)Cc1ccc(Br)s1. The van der Waals surface area contributed by atoms with Crippen molar-refractivity contribution in [1.29, 1.82) is 0 Å². The highest BCUT2D eigenvalue weighted by molar-refractivity contribution is 9.11. The van der Waals surface area contributed by atoms with Crippen LogP contribution in [-0.2, 0) is 16.1 Å². The summed E-state index contributed by atoms with van der Waals surface area (Å²) in [6, 6.07) is 9.45. The Hall–Kier alpha value is -1.77. The highest BCUT2D eigenvalue weighted by atomic mass is 79.9. The maximum atomic E-state index is 12.8. The van der Waals surface area contributed by atoms with Gasteiger partial charge in [0.05, 0.1) is 22.3 Å². The van der Waals surface area contributed by atoms with Crippen molar-refractivity contribution in [3.63, 3.8) is 0 Å². The molecule has 0 radical (unpaired) electrons. The number of quaternary nitrogens is 1. The molecule has 0 aliphatic heterocycles. The van der Waals surface area contributed by atoms with E-state index in [1.165, 1.54) is 29.1 Å². The number of likely N-dealkylation sites (N-methyl/N-ethyl adjacent to an activating group) is 1. The molecule has 1 heterocycles. The van der Waals surface area contributed by atoms with Crippen LogP contribution in [0.4, 0.5) is 10.1 Å². The number of rotatable bonds is 7. The Morgan fingerprint density at radius 2 is 1.88 bits per heavy atom. The van der Waals surface area contributed by atoms with Gasteiger partial charge in [-0.3, -0.25) is 9.59 Å². The standard InChI is InChI=1S/C16H17BrFN3O2S/c1-21(9-13-6-7-14(17)24-13)10-16(23)19-8-15(22)20-12-4-2-11(18)3-5-12/h2-7H,8-10H2,1H3,(H,19,23)(H,20,22)/p+1. The fraction of sp³-hybridized carbons (Fsp3) is 0.250. The number of carbonyl (C=O) groups is 2. The average molecular weight is 415 g/mol. The summed E-state index contributed by atoms with van der Waals surface area (Å²) in [6.45, 7) is 0.902. The van der Waals surface area contributed by atoms with Crippen molar-refractivity contribution in [2.45, 2.75) is 6.54 Å². The second kappa shape index (κ2) is 8.91. The Balaban J connectivity index is 1.70. The van der Waals surface area contributed by atoms with Crippen LogP contribution in [0.25, 0.3) is 0 Å². The van der Waals surface area contributed by atoms with Crippen LogP contribution >= 0.6 is 27.3 Å². The third-order valence-electron chi connectivity index (χ3n) is 3.14. The molecule has 3 N–H and O–H groups in total. The smallest absolute Gasteiger partial charge is 0.275 e. The number of carbonyl (C=O) groups excluding carboxylic acids is 2. The number of anilines is 1. The zero-order valence-corrected chi connectivity index (χ0v) is 15.5. The van der Waals surface area contributed by atoms with Crippen molar-refractivity contribution in [3.05, 3.63) is 50.9 Å². The summed E-state index contributed by atoms with van der Waals surface area (Å²) in [5.74, 6) is -0.919. The van der Waals surface area contributed by atoms with Gasteiger partial charge in [0.2, 0.25) is 5.91 Å². The van der Waals surface area contributed by atoms with E-state index in [0.29, 0.717) is 5.69 Å². The summed E-state index contributed by atoms with van der Waals surface area (Å²) in [7, 11) is 1.92. The first-order valence-electron chi connectivity index (χ1n) is 7.30. The van der Waals surface area contributed by atoms with Crippen molar-refractivity contribution >= 4 is 44.8 Å². The molecule has 1 aromatic heterocycles. The Kier molecular flexibility index (Phi) is 6.89. The number of thiophene rings is 1. The van der Waals surface area contributed by atoms with E-state index >= 15 is 0 Å². The summed E-state index contributed by atoms with van der Waals surface area (Å²) in [5.41, 5.74) is 0.488. The Bertz CT molecular complexity index is 706. The third kappa shape index (κ3) is 6.38. The first kappa shape index (κ1) is 18.6. The molecule has 2 amide bonds. The fourth-order valence-electron chi connectivity index (χ4n) is 2.06. The molecule has 1 atom stereocenters. The van der Waals surface area contributed by atoms with E-state index in [2.05, 4.69) is 26.6 Å². The van der Waals surface area contributed by atoms with Gasteiger partial charge in [0.1, 0.15) is 12.4 Å². The van der Waals surface area contributed by atoms with Gasteiger partial charge in [0.25, 0.3) is 5.91 Å². The van der Waals surface area contributed by atoms with Gasteiger partial charge in [0.15, 0.2) is 6.54 Å². The first-order chi connectivity index (χ1) is 11.4. The van der Waals surface area contributed by atoms with E-state index in [1.54, 1.807) is 11.3 Å². The largest absolute Gasteiger partial charge is 0.342 e. The average Bonchev–Trinajstić information content (AvgIpc) is 2.92. The first-order valence-corrected chi connectivity index (χ1v) is 8.91. The topological polar surface area (TPSA) is 62.6 Å². The van der Waals surface area contributed by atoms with Crippen molar-refractivity contribution in [1.82, 2.24) is 5.32 Å². The molecule has 0 saturated heterocycles. The molecule has 0 bridgehead atoms. The summed E-state index contributed by atoms with van der Waals surface area (Å²) in [4.78, 5) is 25.8. The molecule has 1 aromatic carbocycles. The van der Waals surface area contributed by atoms with Crippen LogP contribution in [0.1, 0.15) is 4.88 Å². The molecule has 2 rings (SSSR count). The summed E-state index contributed by atoms with van der Waals surface area (Å²) in [6.07, 6.45) is 0. The molecule has 2 aromatic rings. The van der Waals surface area contributed by atoms with Crippen LogP contribution < -0.4 is 15.5 Å². The number of hydrogen-bond acceptors (Lipinski definition) is 3. The van der Waals surface area contributed by atoms with E-state index < -0.39 is 0 Å². The zero-order valence-electron chi connectivity index (χ0n) is 13.1. The minimum atomic E-state index is -0.370. The van der Waals surface area contributed by atoms with Gasteiger partial charge in [-0.2, -0.15) is 0 Å². The Labute approximate surface area is 152 Å². The summed E-state index contributed by atoms with van der Waals surface area (Å²) in [5, 5.41) is 5.17. The van der Waals surface area contributed by atoms with Crippen LogP contribution in [0.3, 0.4) is 0 Å². The molecule has 0 saturated carbocycles. The second-order valence-corrected chi connectivity index (χ2v) is 7.90. The summed E-state index contributed by atoms with van der Waals surface area (Å²) >= 11 is 5.05. The summed E-state index contributed by atoms with van der Waals surface area (Å²) < 4.78 is 13.8. The third-order valence-corrected chi connectivity index (χ3v) is 4.76. The minimum Gasteiger partial charge on any atom is -0.342 e. The number of amides is 2. The van der Waals surface area contributed by atoms with Gasteiger partial charge in [-0.15, -0.1) is 11.3 Å². The zero-order chi connectivity index (χ0) is 17.5. The molecule has 128 valence electrons. The van der Waals surface area contributed by atoms with E-state index in [1.807, 2.05) is 19.2 Å². The molecule has 8 heteroatoms. The maximum Gasteiger partial charge on any atom is 0.275 e. The molecular weight excluding hydrogens is 397 g/mol. The molecule has 0 aliphatic carbocycles. The highest BCUT2D eigenvalue weighted by Crippen LogP contribution is 2.21. The monoisotopic (exact) mass is 414 g/mol. The van der Waals surface area contributed by atoms with Crippen LogP contribution in [0.15, 0.2) is 40.2 Å². The van der Waals surface area contributed by atoms with Crippen molar-refractivity contribution < 1.29 is 18.9 Å². The van der Waals surface area contributed by atoms with E-state index in [0.717, 1.165) is 15.2 Å². The van der Waals surface area contributed by atoms with E-state index in [9.17, 15) is 14.0 Å². The minimum absolute atomic E-state index is 0.117. The highest BCUT2D eigenvalue weighted by Gasteiger charge is 2.13. The number of nitrogens with one attached hydrogen (secondary N) is 3. The van der Waals surface area contributed by atoms with Crippen LogP contribution in [0.2, 0.25) is 0 Å². The molecule has 5 nitrogen and oxygen atoms in total. The molecule has 0 fully saturated rings.